The van der Waals surface area contributed by atoms with Gasteiger partial charge in [-0.3, -0.25) is 14.9 Å². The van der Waals surface area contributed by atoms with Gasteiger partial charge in [0.2, 0.25) is 0 Å². The van der Waals surface area contributed by atoms with E-state index < -0.39 is 10.8 Å². The Bertz CT molecular complexity index is 1110. The van der Waals surface area contributed by atoms with Crippen molar-refractivity contribution in [2.45, 2.75) is 11.5 Å². The molecule has 1 N–H and O–H groups in total. The second-order valence-corrected chi connectivity index (χ2v) is 7.65. The Morgan fingerprint density at radius 2 is 2.03 bits per heavy atom. The lowest BCUT2D eigenvalue weighted by Gasteiger charge is -2.12. The Hall–Kier alpha value is -3.04. The normalized spacial score (nSPS) is 12.5. The Kier molecular flexibility index (Phi) is 5.16. The second-order valence-electron chi connectivity index (χ2n) is 6.25. The first-order chi connectivity index (χ1) is 14.0. The molecule has 1 aliphatic heterocycles. The maximum atomic E-state index is 12.8. The van der Waals surface area contributed by atoms with E-state index in [0.29, 0.717) is 11.6 Å². The van der Waals surface area contributed by atoms with Crippen LogP contribution >= 0.6 is 23.4 Å². The molecule has 0 radical (unpaired) electrons. The van der Waals surface area contributed by atoms with Crippen LogP contribution in [-0.2, 0) is 11.5 Å². The molecule has 10 heteroatoms. The molecule has 3 aromatic rings. The van der Waals surface area contributed by atoms with Gasteiger partial charge in [0.15, 0.2) is 0 Å². The smallest absolute Gasteiger partial charge is 0.288 e. The number of nitro groups is 1. The van der Waals surface area contributed by atoms with E-state index in [1.807, 2.05) is 24.3 Å². The van der Waals surface area contributed by atoms with E-state index in [0.717, 1.165) is 28.5 Å². The third-order valence-electron chi connectivity index (χ3n) is 4.51. The molecule has 0 spiro atoms. The maximum Gasteiger partial charge on any atom is 0.288 e. The average Bonchev–Trinajstić information content (AvgIpc) is 3.31. The summed E-state index contributed by atoms with van der Waals surface area (Å²) < 4.78 is 6.86. The van der Waals surface area contributed by atoms with Crippen LogP contribution in [0.2, 0.25) is 5.02 Å². The number of carbonyl (C=O) groups is 1. The lowest BCUT2D eigenvalue weighted by molar-refractivity contribution is -0.384. The van der Waals surface area contributed by atoms with Crippen molar-refractivity contribution in [1.29, 1.82) is 0 Å². The Balaban J connectivity index is 1.70. The number of carbonyl (C=O) groups excluding carboxylic acids is 1. The third kappa shape index (κ3) is 3.66. The molecule has 0 aliphatic carbocycles. The van der Waals surface area contributed by atoms with Gasteiger partial charge in [-0.05, 0) is 36.4 Å². The van der Waals surface area contributed by atoms with Crippen LogP contribution in [0, 0.1) is 10.1 Å². The highest BCUT2D eigenvalue weighted by atomic mass is 35.5. The molecule has 8 nitrogen and oxygen atoms in total. The SMILES string of the molecule is COc1ccc(-n2nc3c(c2NC(=O)c2ccc(Cl)c([N+](=O)[O-])c2)CSC3)cc1. The van der Waals surface area contributed by atoms with Crippen molar-refractivity contribution in [3.8, 4) is 11.4 Å². The first-order valence-electron chi connectivity index (χ1n) is 8.56. The molecule has 4 rings (SSSR count). The zero-order chi connectivity index (χ0) is 20.5. The highest BCUT2D eigenvalue weighted by Gasteiger charge is 2.26. The fourth-order valence-corrected chi connectivity index (χ4v) is 4.25. The first-order valence-corrected chi connectivity index (χ1v) is 10.1. The van der Waals surface area contributed by atoms with Gasteiger partial charge in [-0.2, -0.15) is 16.9 Å². The maximum absolute atomic E-state index is 12.8. The molecule has 148 valence electrons. The minimum atomic E-state index is -0.616. The lowest BCUT2D eigenvalue weighted by Crippen LogP contribution is -2.16. The summed E-state index contributed by atoms with van der Waals surface area (Å²) in [5, 5.41) is 18.6. The van der Waals surface area contributed by atoms with E-state index in [4.69, 9.17) is 16.3 Å². The molecule has 0 atom stereocenters. The van der Waals surface area contributed by atoms with E-state index in [1.165, 1.54) is 18.2 Å². The number of benzene rings is 2. The molecular formula is C19H15ClN4O4S. The predicted molar refractivity (Wildman–Crippen MR) is 111 cm³/mol. The summed E-state index contributed by atoms with van der Waals surface area (Å²) in [6, 6.07) is 11.3. The van der Waals surface area contributed by atoms with E-state index in [1.54, 1.807) is 23.6 Å². The zero-order valence-corrected chi connectivity index (χ0v) is 16.8. The average molecular weight is 431 g/mol. The summed E-state index contributed by atoms with van der Waals surface area (Å²) in [6.07, 6.45) is 0. The summed E-state index contributed by atoms with van der Waals surface area (Å²) in [5.41, 5.74) is 2.44. The Morgan fingerprint density at radius 3 is 2.72 bits per heavy atom. The molecule has 1 aliphatic rings. The molecule has 0 fully saturated rings. The van der Waals surface area contributed by atoms with E-state index in [2.05, 4.69) is 10.4 Å². The molecule has 0 saturated carbocycles. The van der Waals surface area contributed by atoms with Gasteiger partial charge < -0.3 is 10.1 Å². The molecule has 0 bridgehead atoms. The van der Waals surface area contributed by atoms with Gasteiger partial charge in [0.05, 0.1) is 23.4 Å². The Labute approximate surface area is 175 Å². The summed E-state index contributed by atoms with van der Waals surface area (Å²) in [4.78, 5) is 23.3. The van der Waals surface area contributed by atoms with Crippen molar-refractivity contribution in [2.24, 2.45) is 0 Å². The molecular weight excluding hydrogens is 416 g/mol. The van der Waals surface area contributed by atoms with Crippen molar-refractivity contribution in [2.75, 3.05) is 12.4 Å². The third-order valence-corrected chi connectivity index (χ3v) is 5.80. The quantitative estimate of drug-likeness (QED) is 0.474. The van der Waals surface area contributed by atoms with Crippen LogP contribution in [0.15, 0.2) is 42.5 Å². The number of nitro benzene ring substituents is 1. The minimum Gasteiger partial charge on any atom is -0.497 e. The van der Waals surface area contributed by atoms with Gasteiger partial charge in [-0.15, -0.1) is 0 Å². The van der Waals surface area contributed by atoms with Gasteiger partial charge in [0, 0.05) is 28.7 Å². The number of fused-ring (bicyclic) bond motifs is 1. The van der Waals surface area contributed by atoms with Crippen molar-refractivity contribution >= 4 is 40.8 Å². The number of hydrogen-bond donors (Lipinski definition) is 1. The number of anilines is 1. The lowest BCUT2D eigenvalue weighted by atomic mass is 10.2. The van der Waals surface area contributed by atoms with Crippen LogP contribution in [-0.4, -0.2) is 27.7 Å². The number of ether oxygens (including phenoxy) is 1. The molecule has 1 aromatic heterocycles. The number of aromatic nitrogens is 2. The highest BCUT2D eigenvalue weighted by Crippen LogP contribution is 2.36. The van der Waals surface area contributed by atoms with Crippen LogP contribution in [0.5, 0.6) is 5.75 Å². The standard InChI is InChI=1S/C19H15ClN4O4S/c1-28-13-5-3-12(4-6-13)23-18(14-9-29-10-16(14)22-23)21-19(25)11-2-7-15(20)17(8-11)24(26)27/h2-8H,9-10H2,1H3,(H,21,25). The van der Waals surface area contributed by atoms with Gasteiger partial charge >= 0.3 is 0 Å². The fourth-order valence-electron chi connectivity index (χ4n) is 3.03. The zero-order valence-electron chi connectivity index (χ0n) is 15.2. The van der Waals surface area contributed by atoms with Gasteiger partial charge in [0.25, 0.3) is 11.6 Å². The first kappa shape index (κ1) is 19.3. The van der Waals surface area contributed by atoms with E-state index in [9.17, 15) is 14.9 Å². The topological polar surface area (TPSA) is 99.3 Å². The van der Waals surface area contributed by atoms with Crippen LogP contribution in [0.3, 0.4) is 0 Å². The number of halogens is 1. The number of hydrogen-bond acceptors (Lipinski definition) is 6. The number of nitrogens with zero attached hydrogens (tertiary/aromatic N) is 3. The number of methoxy groups -OCH3 is 1. The van der Waals surface area contributed by atoms with Crippen molar-refractivity contribution in [3.63, 3.8) is 0 Å². The molecule has 1 amide bonds. The van der Waals surface area contributed by atoms with Crippen molar-refractivity contribution in [3.05, 3.63) is 74.4 Å². The van der Waals surface area contributed by atoms with Crippen molar-refractivity contribution < 1.29 is 14.5 Å². The molecule has 0 saturated heterocycles. The second kappa shape index (κ2) is 7.76. The van der Waals surface area contributed by atoms with Crippen LogP contribution in [0.25, 0.3) is 5.69 Å². The predicted octanol–water partition coefficient (Wildman–Crippen LogP) is 4.44. The molecule has 2 heterocycles. The minimum absolute atomic E-state index is 0.0212. The van der Waals surface area contributed by atoms with Crippen LogP contribution < -0.4 is 10.1 Å². The number of rotatable bonds is 5. The molecule has 0 unspecified atom stereocenters. The van der Waals surface area contributed by atoms with Gasteiger partial charge in [0.1, 0.15) is 16.6 Å². The fraction of sp³-hybridized carbons (Fsp3) is 0.158. The summed E-state index contributed by atoms with van der Waals surface area (Å²) in [5.74, 6) is 2.27. The Morgan fingerprint density at radius 1 is 1.28 bits per heavy atom. The van der Waals surface area contributed by atoms with E-state index >= 15 is 0 Å². The van der Waals surface area contributed by atoms with Crippen LogP contribution in [0.1, 0.15) is 21.6 Å². The molecule has 2 aromatic carbocycles. The summed E-state index contributed by atoms with van der Waals surface area (Å²) in [7, 11) is 1.59. The van der Waals surface area contributed by atoms with E-state index in [-0.39, 0.29) is 16.3 Å². The highest BCUT2D eigenvalue weighted by molar-refractivity contribution is 7.98. The largest absolute Gasteiger partial charge is 0.497 e. The number of amides is 1. The van der Waals surface area contributed by atoms with Crippen LogP contribution in [0.4, 0.5) is 11.5 Å². The van der Waals surface area contributed by atoms with Gasteiger partial charge in [-0.25, -0.2) is 4.68 Å². The van der Waals surface area contributed by atoms with Crippen molar-refractivity contribution in [1.82, 2.24) is 9.78 Å². The summed E-state index contributed by atoms with van der Waals surface area (Å²) >= 11 is 7.56. The summed E-state index contributed by atoms with van der Waals surface area (Å²) in [6.45, 7) is 0. The molecule has 29 heavy (non-hydrogen) atoms. The van der Waals surface area contributed by atoms with Gasteiger partial charge in [-0.1, -0.05) is 11.6 Å². The number of thioether (sulfide) groups is 1. The number of nitrogens with one attached hydrogen (secondary N) is 1. The monoisotopic (exact) mass is 430 g/mol.